The zero-order chi connectivity index (χ0) is 24.2. The van der Waals surface area contributed by atoms with Gasteiger partial charge >= 0.3 is 6.18 Å². The molecule has 0 saturated carbocycles. The number of benzene rings is 1. The van der Waals surface area contributed by atoms with E-state index in [2.05, 4.69) is 4.99 Å². The molecule has 1 fully saturated rings. The Morgan fingerprint density at radius 3 is 2.41 bits per heavy atom. The van der Waals surface area contributed by atoms with Crippen molar-refractivity contribution in [1.82, 2.24) is 0 Å². The Bertz CT molecular complexity index is 1180. The van der Waals surface area contributed by atoms with Gasteiger partial charge in [0.15, 0.2) is 19.6 Å². The lowest BCUT2D eigenvalue weighted by molar-refractivity contribution is -0.152. The third-order valence-electron chi connectivity index (χ3n) is 6.29. The Labute approximate surface area is 186 Å². The molecule has 2 unspecified atom stereocenters. The van der Waals surface area contributed by atoms with Gasteiger partial charge in [-0.25, -0.2) is 16.8 Å². The van der Waals surface area contributed by atoms with Crippen LogP contribution in [0, 0.1) is 6.92 Å². The molecular formula is C21H26F3NO5S2. The summed E-state index contributed by atoms with van der Waals surface area (Å²) < 4.78 is 93.4. The summed E-state index contributed by atoms with van der Waals surface area (Å²) in [5.41, 5.74) is 1.15. The molecule has 11 heteroatoms. The predicted octanol–water partition coefficient (Wildman–Crippen LogP) is 3.80. The van der Waals surface area contributed by atoms with Crippen molar-refractivity contribution in [3.63, 3.8) is 0 Å². The lowest BCUT2D eigenvalue weighted by Crippen LogP contribution is -2.49. The van der Waals surface area contributed by atoms with E-state index >= 15 is 0 Å². The molecule has 0 N–H and O–H groups in total. The molecule has 0 amide bonds. The third kappa shape index (κ3) is 4.03. The van der Waals surface area contributed by atoms with Crippen LogP contribution in [0.25, 0.3) is 0 Å². The van der Waals surface area contributed by atoms with Gasteiger partial charge in [-0.2, -0.15) is 13.2 Å². The van der Waals surface area contributed by atoms with Crippen molar-refractivity contribution in [2.75, 3.05) is 13.2 Å². The molecule has 178 valence electrons. The molecule has 0 aliphatic carbocycles. The lowest BCUT2D eigenvalue weighted by atomic mass is 9.92. The first-order valence-corrected chi connectivity index (χ1v) is 13.0. The molecule has 0 bridgehead atoms. The van der Waals surface area contributed by atoms with Gasteiger partial charge in [0.1, 0.15) is 0 Å². The van der Waals surface area contributed by atoms with Crippen LogP contribution in [-0.4, -0.2) is 56.8 Å². The highest BCUT2D eigenvalue weighted by atomic mass is 32.2. The SMILES string of the molecule is Cc1cccc(S(=O)(=O)C2(C)CCOC(C3=CC(S(=O)(=O)C(C)(C)C(F)(F)F)=NC3)C2)c1. The standard InChI is InChI=1S/C21H26F3NO5S2/c1-14-6-5-7-16(10-14)31(26,27)20(4)8-9-30-17(12-20)15-11-18(25-13-15)32(28,29)19(2,3)21(22,23)24/h5-7,10-11,17H,8-9,12-13H2,1-4H3. The summed E-state index contributed by atoms with van der Waals surface area (Å²) in [5.74, 6) is 0. The lowest BCUT2D eigenvalue weighted by Gasteiger charge is -2.38. The van der Waals surface area contributed by atoms with Crippen LogP contribution in [0.1, 0.15) is 39.2 Å². The zero-order valence-corrected chi connectivity index (χ0v) is 19.9. The van der Waals surface area contributed by atoms with Crippen LogP contribution < -0.4 is 0 Å². The summed E-state index contributed by atoms with van der Waals surface area (Å²) in [6, 6.07) is 6.57. The number of halogens is 3. The first-order chi connectivity index (χ1) is 14.5. The highest BCUT2D eigenvalue weighted by molar-refractivity contribution is 8.08. The van der Waals surface area contributed by atoms with Crippen LogP contribution in [0.4, 0.5) is 13.2 Å². The number of aryl methyl sites for hydroxylation is 1. The minimum Gasteiger partial charge on any atom is -0.374 e. The second-order valence-electron chi connectivity index (χ2n) is 8.97. The Hall–Kier alpha value is -1.72. The van der Waals surface area contributed by atoms with E-state index in [1.165, 1.54) is 6.07 Å². The van der Waals surface area contributed by atoms with Gasteiger partial charge in [-0.05, 0) is 69.9 Å². The van der Waals surface area contributed by atoms with Crippen LogP contribution in [0.15, 0.2) is 45.8 Å². The van der Waals surface area contributed by atoms with E-state index in [4.69, 9.17) is 4.74 Å². The van der Waals surface area contributed by atoms with Crippen molar-refractivity contribution in [3.05, 3.63) is 41.5 Å². The van der Waals surface area contributed by atoms with Crippen molar-refractivity contribution in [2.24, 2.45) is 4.99 Å². The molecule has 1 aromatic rings. The van der Waals surface area contributed by atoms with E-state index in [0.717, 1.165) is 11.6 Å². The maximum atomic E-state index is 13.4. The number of nitrogens with zero attached hydrogens (tertiary/aromatic N) is 1. The second-order valence-corrected chi connectivity index (χ2v) is 13.9. The molecular weight excluding hydrogens is 467 g/mol. The van der Waals surface area contributed by atoms with Gasteiger partial charge in [0.05, 0.1) is 22.3 Å². The third-order valence-corrected chi connectivity index (χ3v) is 11.2. The molecule has 6 nitrogen and oxygen atoms in total. The summed E-state index contributed by atoms with van der Waals surface area (Å²) in [5, 5.41) is -0.660. The molecule has 2 atom stereocenters. The van der Waals surface area contributed by atoms with Crippen molar-refractivity contribution >= 4 is 24.7 Å². The van der Waals surface area contributed by atoms with Crippen molar-refractivity contribution in [3.8, 4) is 0 Å². The first kappa shape index (κ1) is 24.9. The Balaban J connectivity index is 1.88. The quantitative estimate of drug-likeness (QED) is 0.637. The summed E-state index contributed by atoms with van der Waals surface area (Å²) in [7, 11) is -8.54. The van der Waals surface area contributed by atoms with E-state index in [1.807, 2.05) is 0 Å². The monoisotopic (exact) mass is 493 g/mol. The number of hydrogen-bond donors (Lipinski definition) is 0. The topological polar surface area (TPSA) is 89.9 Å². The number of alkyl halides is 3. The van der Waals surface area contributed by atoms with E-state index in [9.17, 15) is 30.0 Å². The maximum absolute atomic E-state index is 13.4. The van der Waals surface area contributed by atoms with Gasteiger partial charge < -0.3 is 4.74 Å². The molecule has 0 spiro atoms. The van der Waals surface area contributed by atoms with Crippen LogP contribution in [0.2, 0.25) is 0 Å². The average Bonchev–Trinajstić information content (AvgIpc) is 3.18. The molecule has 32 heavy (non-hydrogen) atoms. The van der Waals surface area contributed by atoms with Gasteiger partial charge in [0, 0.05) is 6.61 Å². The minimum absolute atomic E-state index is 0.0423. The predicted molar refractivity (Wildman–Crippen MR) is 115 cm³/mol. The van der Waals surface area contributed by atoms with Crippen molar-refractivity contribution < 1.29 is 34.7 Å². The molecule has 2 aliphatic rings. The fourth-order valence-corrected chi connectivity index (χ4v) is 6.97. The molecule has 2 heterocycles. The maximum Gasteiger partial charge on any atom is 0.408 e. The van der Waals surface area contributed by atoms with Gasteiger partial charge in [-0.1, -0.05) is 12.1 Å². The molecule has 3 rings (SSSR count). The number of aliphatic imine (C=N–C) groups is 1. The fraction of sp³-hybridized carbons (Fsp3) is 0.571. The van der Waals surface area contributed by atoms with E-state index in [0.29, 0.717) is 19.4 Å². The van der Waals surface area contributed by atoms with Crippen molar-refractivity contribution in [1.29, 1.82) is 0 Å². The van der Waals surface area contributed by atoms with Crippen LogP contribution in [0.5, 0.6) is 0 Å². The van der Waals surface area contributed by atoms with Crippen molar-refractivity contribution in [2.45, 2.75) is 67.2 Å². The normalized spacial score (nSPS) is 25.4. The Morgan fingerprint density at radius 2 is 1.81 bits per heavy atom. The van der Waals surface area contributed by atoms with E-state index in [1.54, 1.807) is 32.0 Å². The second kappa shape index (κ2) is 7.95. The van der Waals surface area contributed by atoms with Gasteiger partial charge in [0.25, 0.3) is 0 Å². The van der Waals surface area contributed by atoms with Gasteiger partial charge in [0.2, 0.25) is 9.84 Å². The number of ether oxygens (including phenoxy) is 1. The largest absolute Gasteiger partial charge is 0.408 e. The average molecular weight is 494 g/mol. The molecule has 2 aliphatic heterocycles. The zero-order valence-electron chi connectivity index (χ0n) is 18.2. The summed E-state index contributed by atoms with van der Waals surface area (Å²) in [6.07, 6.45) is -4.37. The molecule has 0 radical (unpaired) electrons. The van der Waals surface area contributed by atoms with Crippen LogP contribution in [0.3, 0.4) is 0 Å². The minimum atomic E-state index is -4.98. The number of rotatable bonds is 4. The van der Waals surface area contributed by atoms with Crippen LogP contribution in [-0.2, 0) is 24.4 Å². The highest BCUT2D eigenvalue weighted by Gasteiger charge is 2.58. The van der Waals surface area contributed by atoms with Crippen LogP contribution >= 0.6 is 0 Å². The first-order valence-electron chi connectivity index (χ1n) is 10.0. The number of sulfone groups is 2. The Morgan fingerprint density at radius 1 is 1.16 bits per heavy atom. The summed E-state index contributed by atoms with van der Waals surface area (Å²) in [4.78, 5) is 4.02. The molecule has 0 aromatic heterocycles. The smallest absolute Gasteiger partial charge is 0.374 e. The Kier molecular flexibility index (Phi) is 6.19. The highest BCUT2D eigenvalue weighted by Crippen LogP contribution is 2.41. The van der Waals surface area contributed by atoms with E-state index in [-0.39, 0.29) is 30.9 Å². The van der Waals surface area contributed by atoms with E-state index < -0.39 is 46.5 Å². The summed E-state index contributed by atoms with van der Waals surface area (Å²) in [6.45, 7) is 4.55. The number of hydrogen-bond acceptors (Lipinski definition) is 6. The fourth-order valence-electron chi connectivity index (χ4n) is 3.71. The summed E-state index contributed by atoms with van der Waals surface area (Å²) >= 11 is 0. The van der Waals surface area contributed by atoms with Gasteiger partial charge in [-0.3, -0.25) is 4.99 Å². The van der Waals surface area contributed by atoms with Gasteiger partial charge in [-0.15, -0.1) is 0 Å². The molecule has 1 aromatic carbocycles. The molecule has 1 saturated heterocycles.